The van der Waals surface area contributed by atoms with Crippen LogP contribution in [-0.4, -0.2) is 48.5 Å². The van der Waals surface area contributed by atoms with Crippen LogP contribution in [0.5, 0.6) is 11.6 Å². The molecule has 1 aromatic carbocycles. The summed E-state index contributed by atoms with van der Waals surface area (Å²) < 4.78 is 13.1. The molecule has 3 atom stereocenters. The second-order valence-electron chi connectivity index (χ2n) is 5.53. The Morgan fingerprint density at radius 3 is 2.79 bits per heavy atom. The maximum atomic E-state index is 9.90. The van der Waals surface area contributed by atoms with Crippen LogP contribution in [0.15, 0.2) is 43.0 Å². The van der Waals surface area contributed by atoms with Gasteiger partial charge in [-0.25, -0.2) is 9.97 Å². The Kier molecular flexibility index (Phi) is 3.85. The molecule has 24 heavy (non-hydrogen) atoms. The number of rotatable bonds is 4. The van der Waals surface area contributed by atoms with E-state index in [0.717, 1.165) is 0 Å². The van der Waals surface area contributed by atoms with E-state index < -0.39 is 18.4 Å². The third-order valence-electron chi connectivity index (χ3n) is 3.98. The topological polar surface area (TPSA) is 103 Å². The van der Waals surface area contributed by atoms with Gasteiger partial charge < -0.3 is 19.7 Å². The number of imidazole rings is 1. The fourth-order valence-corrected chi connectivity index (χ4v) is 2.77. The molecule has 1 fully saturated rings. The molecule has 2 N–H and O–H groups in total. The molecule has 124 valence electrons. The van der Waals surface area contributed by atoms with Crippen LogP contribution in [0.25, 0.3) is 11.2 Å². The molecule has 3 heterocycles. The minimum absolute atomic E-state index is 0.234. The number of hydrogen-bond donors (Lipinski definition) is 2. The van der Waals surface area contributed by atoms with E-state index in [1.54, 1.807) is 10.9 Å². The van der Waals surface area contributed by atoms with E-state index in [1.165, 1.54) is 6.33 Å². The normalized spacial score (nSPS) is 23.7. The predicted molar refractivity (Wildman–Crippen MR) is 83.5 cm³/mol. The van der Waals surface area contributed by atoms with Crippen molar-refractivity contribution in [3.8, 4) is 11.6 Å². The Labute approximate surface area is 137 Å². The van der Waals surface area contributed by atoms with E-state index in [4.69, 9.17) is 9.47 Å². The third kappa shape index (κ3) is 2.60. The lowest BCUT2D eigenvalue weighted by molar-refractivity contribution is -0.0432. The van der Waals surface area contributed by atoms with Crippen LogP contribution in [0, 0.1) is 0 Å². The molecule has 0 spiro atoms. The number of aromatic nitrogens is 4. The highest BCUT2D eigenvalue weighted by molar-refractivity contribution is 5.76. The predicted octanol–water partition coefficient (Wildman–Crippen LogP) is 1.26. The fraction of sp³-hybridized carbons (Fsp3) is 0.312. The Morgan fingerprint density at radius 1 is 1.21 bits per heavy atom. The molecule has 8 nitrogen and oxygen atoms in total. The van der Waals surface area contributed by atoms with Crippen molar-refractivity contribution in [2.24, 2.45) is 0 Å². The summed E-state index contributed by atoms with van der Waals surface area (Å²) in [6, 6.07) is 9.29. The fourth-order valence-electron chi connectivity index (χ4n) is 2.77. The summed E-state index contributed by atoms with van der Waals surface area (Å²) in [4.78, 5) is 12.7. The summed E-state index contributed by atoms with van der Waals surface area (Å²) in [5, 5.41) is 19.1. The maximum absolute atomic E-state index is 9.90. The second-order valence-corrected chi connectivity index (χ2v) is 5.53. The van der Waals surface area contributed by atoms with Crippen molar-refractivity contribution in [2.45, 2.75) is 24.9 Å². The van der Waals surface area contributed by atoms with Gasteiger partial charge >= 0.3 is 0 Å². The van der Waals surface area contributed by atoms with Crippen molar-refractivity contribution < 1.29 is 19.7 Å². The molecular formula is C16H16N4O4. The van der Waals surface area contributed by atoms with Gasteiger partial charge in [-0.2, -0.15) is 4.98 Å². The van der Waals surface area contributed by atoms with Crippen LogP contribution in [-0.2, 0) is 4.74 Å². The monoisotopic (exact) mass is 328 g/mol. The highest BCUT2D eigenvalue weighted by atomic mass is 16.5. The maximum Gasteiger partial charge on any atom is 0.250 e. The van der Waals surface area contributed by atoms with Crippen molar-refractivity contribution in [3.05, 3.63) is 43.0 Å². The standard InChI is InChI=1S/C16H16N4O4/c21-7-12-11(22)6-13(24-12)20-9-19-14-15(20)17-8-18-16(14)23-10-4-2-1-3-5-10/h1-5,8-9,11-13,21-22H,6-7H2/t11-,12+,13+/m1/s1. The Balaban J connectivity index is 1.67. The molecule has 0 amide bonds. The first kappa shape index (κ1) is 15.0. The Morgan fingerprint density at radius 2 is 2.04 bits per heavy atom. The van der Waals surface area contributed by atoms with Crippen molar-refractivity contribution in [1.82, 2.24) is 19.5 Å². The molecule has 3 aromatic rings. The van der Waals surface area contributed by atoms with Crippen molar-refractivity contribution in [1.29, 1.82) is 0 Å². The largest absolute Gasteiger partial charge is 0.437 e. The molecule has 1 saturated heterocycles. The van der Waals surface area contributed by atoms with Crippen LogP contribution in [0.1, 0.15) is 12.6 Å². The van der Waals surface area contributed by atoms with Gasteiger partial charge in [0.1, 0.15) is 24.4 Å². The lowest BCUT2D eigenvalue weighted by atomic mass is 10.2. The number of nitrogens with zero attached hydrogens (tertiary/aromatic N) is 4. The number of ether oxygens (including phenoxy) is 2. The van der Waals surface area contributed by atoms with E-state index in [-0.39, 0.29) is 6.61 Å². The number of fused-ring (bicyclic) bond motifs is 1. The van der Waals surface area contributed by atoms with Crippen molar-refractivity contribution >= 4 is 11.2 Å². The van der Waals surface area contributed by atoms with E-state index in [0.29, 0.717) is 29.2 Å². The number of hydrogen-bond acceptors (Lipinski definition) is 7. The summed E-state index contributed by atoms with van der Waals surface area (Å²) in [6.45, 7) is -0.234. The van der Waals surface area contributed by atoms with Gasteiger partial charge in [0.25, 0.3) is 5.88 Å². The molecule has 4 rings (SSSR count). The number of aliphatic hydroxyl groups excluding tert-OH is 2. The van der Waals surface area contributed by atoms with Crippen LogP contribution < -0.4 is 4.74 Å². The van der Waals surface area contributed by atoms with Gasteiger partial charge in [-0.3, -0.25) is 4.57 Å². The zero-order valence-electron chi connectivity index (χ0n) is 12.7. The van der Waals surface area contributed by atoms with Crippen LogP contribution in [0.3, 0.4) is 0 Å². The number of benzene rings is 1. The quantitative estimate of drug-likeness (QED) is 0.743. The SMILES string of the molecule is OC[C@@H]1O[C@H](n2cnc3c(Oc4ccccc4)ncnc32)C[C@H]1O. The smallest absolute Gasteiger partial charge is 0.250 e. The van der Waals surface area contributed by atoms with Crippen LogP contribution in [0.2, 0.25) is 0 Å². The van der Waals surface area contributed by atoms with Gasteiger partial charge in [-0.15, -0.1) is 0 Å². The Bertz CT molecular complexity index is 838. The summed E-state index contributed by atoms with van der Waals surface area (Å²) in [5.74, 6) is 1.00. The van der Waals surface area contributed by atoms with Gasteiger partial charge in [0, 0.05) is 6.42 Å². The van der Waals surface area contributed by atoms with Crippen molar-refractivity contribution in [3.63, 3.8) is 0 Å². The average Bonchev–Trinajstić information content (AvgIpc) is 3.19. The minimum Gasteiger partial charge on any atom is -0.437 e. The average molecular weight is 328 g/mol. The molecule has 0 aliphatic carbocycles. The minimum atomic E-state index is -0.723. The van der Waals surface area contributed by atoms with Gasteiger partial charge in [0.2, 0.25) is 0 Å². The van der Waals surface area contributed by atoms with Crippen LogP contribution >= 0.6 is 0 Å². The zero-order chi connectivity index (χ0) is 16.5. The van der Waals surface area contributed by atoms with Crippen molar-refractivity contribution in [2.75, 3.05) is 6.61 Å². The number of para-hydroxylation sites is 1. The van der Waals surface area contributed by atoms with E-state index in [9.17, 15) is 10.2 Å². The molecule has 0 saturated carbocycles. The first-order chi connectivity index (χ1) is 11.8. The second kappa shape index (κ2) is 6.16. The Hall–Kier alpha value is -2.55. The molecule has 0 unspecified atom stereocenters. The third-order valence-corrected chi connectivity index (χ3v) is 3.98. The lowest BCUT2D eigenvalue weighted by Gasteiger charge is -2.13. The molecule has 0 radical (unpaired) electrons. The summed E-state index contributed by atoms with van der Waals surface area (Å²) in [5.41, 5.74) is 1.05. The van der Waals surface area contributed by atoms with Gasteiger partial charge in [0.05, 0.1) is 19.0 Å². The highest BCUT2D eigenvalue weighted by Crippen LogP contribution is 2.32. The summed E-state index contributed by atoms with van der Waals surface area (Å²) >= 11 is 0. The van der Waals surface area contributed by atoms with Gasteiger partial charge in [-0.1, -0.05) is 18.2 Å². The summed E-state index contributed by atoms with van der Waals surface area (Å²) in [6.07, 6.45) is 1.56. The first-order valence-corrected chi connectivity index (χ1v) is 7.61. The highest BCUT2D eigenvalue weighted by Gasteiger charge is 2.35. The van der Waals surface area contributed by atoms with E-state index >= 15 is 0 Å². The zero-order valence-corrected chi connectivity index (χ0v) is 12.7. The molecule has 0 bridgehead atoms. The lowest BCUT2D eigenvalue weighted by Crippen LogP contribution is -2.24. The summed E-state index contributed by atoms with van der Waals surface area (Å²) in [7, 11) is 0. The van der Waals surface area contributed by atoms with Gasteiger partial charge in [0.15, 0.2) is 11.2 Å². The molecule has 1 aliphatic heterocycles. The van der Waals surface area contributed by atoms with E-state index in [2.05, 4.69) is 15.0 Å². The number of aliphatic hydroxyl groups is 2. The van der Waals surface area contributed by atoms with Gasteiger partial charge in [-0.05, 0) is 12.1 Å². The molecule has 1 aliphatic rings. The van der Waals surface area contributed by atoms with E-state index in [1.807, 2.05) is 30.3 Å². The first-order valence-electron chi connectivity index (χ1n) is 7.61. The molecular weight excluding hydrogens is 312 g/mol. The van der Waals surface area contributed by atoms with Crippen LogP contribution in [0.4, 0.5) is 0 Å². The molecule has 2 aromatic heterocycles. The molecule has 8 heteroatoms.